The van der Waals surface area contributed by atoms with E-state index >= 15 is 0 Å². The van der Waals surface area contributed by atoms with Crippen molar-refractivity contribution in [3.05, 3.63) is 93.3 Å². The van der Waals surface area contributed by atoms with Gasteiger partial charge in [-0.3, -0.25) is 4.79 Å². The molecular weight excluding hydrogens is 662 g/mol. The van der Waals surface area contributed by atoms with Crippen LogP contribution >= 0.6 is 22.6 Å². The number of carbonyl (C=O) groups excluding carboxylic acids is 1. The minimum atomic E-state index is -4.36. The summed E-state index contributed by atoms with van der Waals surface area (Å²) in [5.41, 5.74) is 6.98. The van der Waals surface area contributed by atoms with Crippen molar-refractivity contribution >= 4 is 44.3 Å². The van der Waals surface area contributed by atoms with E-state index in [1.165, 1.54) is 42.5 Å². The summed E-state index contributed by atoms with van der Waals surface area (Å²) in [6.07, 6.45) is -0.568. The summed E-state index contributed by atoms with van der Waals surface area (Å²) in [6, 6.07) is 18.6. The molecule has 1 atom stereocenters. The number of hydrogen-bond acceptors (Lipinski definition) is 8. The molecule has 0 fully saturated rings. The normalized spacial score (nSPS) is 12.1. The Morgan fingerprint density at radius 2 is 1.78 bits per heavy atom. The molecule has 9 nitrogen and oxygen atoms in total. The summed E-state index contributed by atoms with van der Waals surface area (Å²) in [7, 11) is -4.36. The third-order valence-electron chi connectivity index (χ3n) is 5.73. The van der Waals surface area contributed by atoms with Crippen LogP contribution in [0.3, 0.4) is 0 Å². The fraction of sp³-hybridized carbons (Fsp3) is 0.207. The summed E-state index contributed by atoms with van der Waals surface area (Å²) in [6.45, 7) is 6.13. The van der Waals surface area contributed by atoms with Crippen molar-refractivity contribution in [2.24, 2.45) is 5.92 Å². The van der Waals surface area contributed by atoms with Crippen LogP contribution in [-0.4, -0.2) is 30.9 Å². The van der Waals surface area contributed by atoms with Gasteiger partial charge in [0.25, 0.3) is 15.9 Å². The Kier molecular flexibility index (Phi) is 9.43. The monoisotopic (exact) mass is 690 g/mol. The van der Waals surface area contributed by atoms with Crippen LogP contribution in [0.25, 0.3) is 11.3 Å². The average molecular weight is 691 g/mol. The molecule has 0 spiro atoms. The summed E-state index contributed by atoms with van der Waals surface area (Å²) < 4.78 is 55.0. The highest BCUT2D eigenvalue weighted by molar-refractivity contribution is 14.1. The van der Waals surface area contributed by atoms with E-state index in [4.69, 9.17) is 15.2 Å². The number of nitrogens with two attached hydrogens (primary N) is 1. The van der Waals surface area contributed by atoms with Gasteiger partial charge in [0, 0.05) is 20.8 Å². The number of pyridine rings is 2. The summed E-state index contributed by atoms with van der Waals surface area (Å²) in [4.78, 5) is 21.6. The van der Waals surface area contributed by atoms with E-state index in [9.17, 15) is 17.6 Å². The lowest BCUT2D eigenvalue weighted by Crippen LogP contribution is -2.32. The molecule has 0 saturated carbocycles. The first kappa shape index (κ1) is 30.2. The first-order chi connectivity index (χ1) is 19.4. The third kappa shape index (κ3) is 7.70. The number of aromatic nitrogens is 2. The Labute approximate surface area is 251 Å². The van der Waals surface area contributed by atoms with E-state index in [1.54, 1.807) is 13.0 Å². The van der Waals surface area contributed by atoms with Crippen molar-refractivity contribution in [2.75, 3.05) is 12.3 Å². The maximum atomic E-state index is 14.5. The summed E-state index contributed by atoms with van der Waals surface area (Å²) >= 11 is 2.17. The number of nitrogens with zero attached hydrogens (tertiary/aromatic N) is 2. The van der Waals surface area contributed by atoms with Gasteiger partial charge in [0.15, 0.2) is 5.03 Å². The highest BCUT2D eigenvalue weighted by atomic mass is 127. The topological polar surface area (TPSA) is 134 Å². The van der Waals surface area contributed by atoms with E-state index in [0.717, 1.165) is 9.13 Å². The van der Waals surface area contributed by atoms with Gasteiger partial charge in [-0.05, 0) is 77.9 Å². The average Bonchev–Trinajstić information content (AvgIpc) is 2.91. The lowest BCUT2D eigenvalue weighted by atomic mass is 10.1. The Hall–Kier alpha value is -3.78. The van der Waals surface area contributed by atoms with Gasteiger partial charge in [-0.2, -0.15) is 8.42 Å². The number of sulfonamides is 1. The Morgan fingerprint density at radius 1 is 1.02 bits per heavy atom. The molecule has 0 aliphatic rings. The maximum absolute atomic E-state index is 14.5. The van der Waals surface area contributed by atoms with Crippen LogP contribution in [0.15, 0.2) is 77.8 Å². The highest BCUT2D eigenvalue weighted by Crippen LogP contribution is 2.31. The number of ether oxygens (including phenoxy) is 2. The van der Waals surface area contributed by atoms with Crippen LogP contribution in [0, 0.1) is 15.3 Å². The van der Waals surface area contributed by atoms with Crippen molar-refractivity contribution in [1.82, 2.24) is 14.7 Å². The molecule has 12 heteroatoms. The number of benzene rings is 2. The van der Waals surface area contributed by atoms with Crippen LogP contribution < -0.4 is 19.9 Å². The number of halogens is 2. The van der Waals surface area contributed by atoms with E-state index in [-0.39, 0.29) is 23.2 Å². The largest absolute Gasteiger partial charge is 0.493 e. The second kappa shape index (κ2) is 12.8. The first-order valence-corrected chi connectivity index (χ1v) is 15.1. The summed E-state index contributed by atoms with van der Waals surface area (Å²) in [5.74, 6) is -1.12. The first-order valence-electron chi connectivity index (χ1n) is 12.6. The zero-order chi connectivity index (χ0) is 29.7. The number of hydrogen-bond donors (Lipinski definition) is 2. The molecule has 1 unspecified atom stereocenters. The van der Waals surface area contributed by atoms with E-state index in [2.05, 4.69) is 32.6 Å². The molecule has 4 aromatic rings. The van der Waals surface area contributed by atoms with E-state index in [1.807, 2.05) is 42.8 Å². The molecule has 3 N–H and O–H groups in total. The Bertz CT molecular complexity index is 1680. The van der Waals surface area contributed by atoms with Crippen molar-refractivity contribution in [1.29, 1.82) is 0 Å². The molecule has 0 aliphatic carbocycles. The molecule has 2 aromatic heterocycles. The fourth-order valence-electron chi connectivity index (χ4n) is 3.77. The second-order valence-corrected chi connectivity index (χ2v) is 12.3. The van der Waals surface area contributed by atoms with Crippen molar-refractivity contribution in [3.63, 3.8) is 0 Å². The number of nitrogens with one attached hydrogen (secondary N) is 1. The third-order valence-corrected chi connectivity index (χ3v) is 7.95. The number of amides is 1. The lowest BCUT2D eigenvalue weighted by molar-refractivity contribution is 0.0973. The van der Waals surface area contributed by atoms with Crippen molar-refractivity contribution in [2.45, 2.75) is 31.9 Å². The van der Waals surface area contributed by atoms with Gasteiger partial charge in [0.2, 0.25) is 5.88 Å². The van der Waals surface area contributed by atoms with Crippen LogP contribution in [0.2, 0.25) is 0 Å². The number of rotatable bonds is 10. The lowest BCUT2D eigenvalue weighted by Gasteiger charge is -2.19. The zero-order valence-corrected chi connectivity index (χ0v) is 25.4. The molecule has 0 saturated heterocycles. The molecule has 0 bridgehead atoms. The van der Waals surface area contributed by atoms with Gasteiger partial charge in [-0.1, -0.05) is 38.1 Å². The predicted octanol–water partition coefficient (Wildman–Crippen LogP) is 5.76. The second-order valence-electron chi connectivity index (χ2n) is 9.55. The van der Waals surface area contributed by atoms with Crippen LogP contribution in [-0.2, 0) is 10.0 Å². The Morgan fingerprint density at radius 3 is 2.49 bits per heavy atom. The molecule has 1 amide bonds. The van der Waals surface area contributed by atoms with Gasteiger partial charge in [-0.15, -0.1) is 0 Å². The predicted molar refractivity (Wildman–Crippen MR) is 161 cm³/mol. The fourth-order valence-corrected chi connectivity index (χ4v) is 5.53. The maximum Gasteiger partial charge on any atom is 0.281 e. The summed E-state index contributed by atoms with van der Waals surface area (Å²) in [5, 5.41) is -0.418. The van der Waals surface area contributed by atoms with Gasteiger partial charge in [0.1, 0.15) is 29.1 Å². The quantitative estimate of drug-likeness (QED) is 0.201. The minimum Gasteiger partial charge on any atom is -0.493 e. The van der Waals surface area contributed by atoms with Gasteiger partial charge >= 0.3 is 0 Å². The number of nitrogen functional groups attached to an aromatic ring is 1. The molecule has 0 aliphatic heterocycles. The molecule has 4 rings (SSSR count). The molecule has 41 heavy (non-hydrogen) atoms. The van der Waals surface area contributed by atoms with Gasteiger partial charge in [-0.25, -0.2) is 19.1 Å². The number of anilines is 1. The Balaban J connectivity index is 1.74. The molecule has 2 heterocycles. The SMILES string of the molecule is CC(C)COc1cc(F)cc(-c2ccc(C(=O)NS(=O)(=O)c3cccc(N)n3)c(OC(C)c3ccccc3I)n2)c1. The van der Waals surface area contributed by atoms with Crippen molar-refractivity contribution < 1.29 is 27.1 Å². The smallest absolute Gasteiger partial charge is 0.281 e. The molecular formula is C29H28FIN4O5S. The zero-order valence-electron chi connectivity index (χ0n) is 22.5. The number of carbonyl (C=O) groups is 1. The molecule has 214 valence electrons. The highest BCUT2D eigenvalue weighted by Gasteiger charge is 2.25. The van der Waals surface area contributed by atoms with E-state index in [0.29, 0.717) is 23.6 Å². The minimum absolute atomic E-state index is 0.0199. The van der Waals surface area contributed by atoms with Crippen LogP contribution in [0.1, 0.15) is 42.8 Å². The van der Waals surface area contributed by atoms with Crippen LogP contribution in [0.5, 0.6) is 11.6 Å². The molecule has 0 radical (unpaired) electrons. The van der Waals surface area contributed by atoms with Crippen LogP contribution in [0.4, 0.5) is 10.2 Å². The van der Waals surface area contributed by atoms with Gasteiger partial charge in [0.05, 0.1) is 12.3 Å². The molecule has 2 aromatic carbocycles. The van der Waals surface area contributed by atoms with E-state index < -0.39 is 32.9 Å². The van der Waals surface area contributed by atoms with Gasteiger partial charge < -0.3 is 15.2 Å². The van der Waals surface area contributed by atoms with Crippen molar-refractivity contribution in [3.8, 4) is 22.9 Å². The standard InChI is InChI=1S/C29H28FIN4O5S/c1-17(2)16-39-21-14-19(13-20(30)15-21)25-12-11-23(28(36)35-41(37,38)27-10-6-9-26(32)34-27)29(33-25)40-18(3)22-7-4-5-8-24(22)31/h4-15,17-18H,16H2,1-3H3,(H2,32,34)(H,35,36).